The monoisotopic (exact) mass is 378 g/mol. The molecule has 0 atom stereocenters. The number of aromatic nitrogens is 2. The maximum atomic E-state index is 12.5. The van der Waals surface area contributed by atoms with Crippen LogP contribution in [0.1, 0.15) is 21.8 Å². The Bertz CT molecular complexity index is 936. The summed E-state index contributed by atoms with van der Waals surface area (Å²) in [6.07, 6.45) is -3.76. The van der Waals surface area contributed by atoms with Crippen LogP contribution in [0.25, 0.3) is 11.3 Å². The molecule has 0 radical (unpaired) electrons. The van der Waals surface area contributed by atoms with Gasteiger partial charge in [0.1, 0.15) is 17.1 Å². The number of nitrogens with zero attached hydrogens (tertiary/aromatic N) is 2. The van der Waals surface area contributed by atoms with Crippen molar-refractivity contribution in [2.24, 2.45) is 0 Å². The Morgan fingerprint density at radius 1 is 1.19 bits per heavy atom. The molecule has 0 aliphatic rings. The van der Waals surface area contributed by atoms with Crippen LogP contribution in [-0.2, 0) is 17.5 Å². The third kappa shape index (κ3) is 4.25. The molecule has 6 nitrogen and oxygen atoms in total. The lowest BCUT2D eigenvalue weighted by Gasteiger charge is -2.06. The van der Waals surface area contributed by atoms with E-state index in [-0.39, 0.29) is 17.9 Å². The van der Waals surface area contributed by atoms with Gasteiger partial charge in [0.15, 0.2) is 12.4 Å². The van der Waals surface area contributed by atoms with Gasteiger partial charge in [-0.3, -0.25) is 4.98 Å². The smallest absolute Gasteiger partial charge is 0.433 e. The Hall–Kier alpha value is -3.36. The van der Waals surface area contributed by atoms with E-state index in [0.29, 0.717) is 23.1 Å². The van der Waals surface area contributed by atoms with E-state index in [1.165, 1.54) is 7.11 Å². The van der Waals surface area contributed by atoms with E-state index < -0.39 is 17.8 Å². The number of halogens is 3. The maximum Gasteiger partial charge on any atom is 0.433 e. The number of hydrogen-bond donors (Lipinski definition) is 0. The predicted octanol–water partition coefficient (Wildman–Crippen LogP) is 4.12. The van der Waals surface area contributed by atoms with Gasteiger partial charge in [0.2, 0.25) is 0 Å². The normalized spacial score (nSPS) is 11.3. The van der Waals surface area contributed by atoms with E-state index in [1.54, 1.807) is 18.2 Å². The highest BCUT2D eigenvalue weighted by Crippen LogP contribution is 2.29. The molecule has 0 saturated heterocycles. The SMILES string of the molecule is COc1ccccc1-c1cc(COC(=O)c2ccc(C(F)(F)F)nc2)on1. The molecular weight excluding hydrogens is 365 g/mol. The van der Waals surface area contributed by atoms with Crippen LogP contribution in [0, 0.1) is 0 Å². The Labute approximate surface area is 151 Å². The second-order valence-electron chi connectivity index (χ2n) is 5.38. The fourth-order valence-corrected chi connectivity index (χ4v) is 2.27. The summed E-state index contributed by atoms with van der Waals surface area (Å²) < 4.78 is 52.8. The Morgan fingerprint density at radius 3 is 2.63 bits per heavy atom. The number of rotatable bonds is 5. The van der Waals surface area contributed by atoms with E-state index in [4.69, 9.17) is 14.0 Å². The first-order chi connectivity index (χ1) is 12.9. The number of carbonyl (C=O) groups excluding carboxylic acids is 1. The molecule has 0 aliphatic carbocycles. The molecule has 2 aromatic heterocycles. The van der Waals surface area contributed by atoms with Crippen LogP contribution in [0.4, 0.5) is 13.2 Å². The first kappa shape index (κ1) is 18.4. The standard InChI is InChI=1S/C18H13F3N2O4/c1-25-15-5-3-2-4-13(15)14-8-12(27-23-14)10-26-17(24)11-6-7-16(22-9-11)18(19,20)21/h2-9H,10H2,1H3. The molecule has 0 saturated carbocycles. The topological polar surface area (TPSA) is 74.5 Å². The molecule has 9 heteroatoms. The van der Waals surface area contributed by atoms with Crippen LogP contribution in [0.5, 0.6) is 5.75 Å². The second-order valence-corrected chi connectivity index (χ2v) is 5.38. The van der Waals surface area contributed by atoms with Gasteiger partial charge in [-0.1, -0.05) is 17.3 Å². The minimum Gasteiger partial charge on any atom is -0.496 e. The van der Waals surface area contributed by atoms with Crippen molar-refractivity contribution in [2.75, 3.05) is 7.11 Å². The minimum atomic E-state index is -4.57. The zero-order valence-electron chi connectivity index (χ0n) is 14.0. The molecule has 0 unspecified atom stereocenters. The molecule has 0 bridgehead atoms. The van der Waals surface area contributed by atoms with Crippen LogP contribution in [-0.4, -0.2) is 23.2 Å². The Kier molecular flexibility index (Phi) is 5.11. The average Bonchev–Trinajstić information content (AvgIpc) is 3.14. The summed E-state index contributed by atoms with van der Waals surface area (Å²) in [5.74, 6) is 0.0424. The molecule has 0 fully saturated rings. The first-order valence-corrected chi connectivity index (χ1v) is 7.68. The van der Waals surface area contributed by atoms with Crippen molar-refractivity contribution in [3.8, 4) is 17.0 Å². The molecule has 27 heavy (non-hydrogen) atoms. The van der Waals surface area contributed by atoms with Crippen LogP contribution in [0.2, 0.25) is 0 Å². The van der Waals surface area contributed by atoms with Gasteiger partial charge in [-0.05, 0) is 24.3 Å². The summed E-state index contributed by atoms with van der Waals surface area (Å²) in [6.45, 7) is -0.234. The Balaban J connectivity index is 1.65. The quantitative estimate of drug-likeness (QED) is 0.622. The highest BCUT2D eigenvalue weighted by molar-refractivity contribution is 5.88. The van der Waals surface area contributed by atoms with Crippen LogP contribution >= 0.6 is 0 Å². The molecule has 1 aromatic carbocycles. The average molecular weight is 378 g/mol. The van der Waals surface area contributed by atoms with E-state index in [0.717, 1.165) is 12.3 Å². The third-order valence-corrected chi connectivity index (χ3v) is 3.58. The second kappa shape index (κ2) is 7.48. The van der Waals surface area contributed by atoms with Gasteiger partial charge in [-0.25, -0.2) is 4.79 Å². The van der Waals surface area contributed by atoms with Crippen molar-refractivity contribution in [3.63, 3.8) is 0 Å². The Morgan fingerprint density at radius 2 is 1.96 bits per heavy atom. The highest BCUT2D eigenvalue weighted by atomic mass is 19.4. The number of para-hydroxylation sites is 1. The van der Waals surface area contributed by atoms with E-state index in [2.05, 4.69) is 10.1 Å². The van der Waals surface area contributed by atoms with Crippen molar-refractivity contribution < 1.29 is 32.0 Å². The zero-order chi connectivity index (χ0) is 19.4. The number of alkyl halides is 3. The van der Waals surface area contributed by atoms with Gasteiger partial charge in [-0.15, -0.1) is 0 Å². The molecule has 3 rings (SSSR count). The third-order valence-electron chi connectivity index (χ3n) is 3.58. The van der Waals surface area contributed by atoms with Crippen molar-refractivity contribution in [1.29, 1.82) is 0 Å². The van der Waals surface area contributed by atoms with Crippen LogP contribution in [0.15, 0.2) is 53.2 Å². The summed E-state index contributed by atoms with van der Waals surface area (Å²) >= 11 is 0. The first-order valence-electron chi connectivity index (χ1n) is 7.68. The molecular formula is C18H13F3N2O4. The summed E-state index contributed by atoms with van der Waals surface area (Å²) in [4.78, 5) is 15.1. The van der Waals surface area contributed by atoms with Crippen molar-refractivity contribution in [1.82, 2.24) is 10.1 Å². The minimum absolute atomic E-state index is 0.104. The molecule has 0 N–H and O–H groups in total. The van der Waals surface area contributed by atoms with Gasteiger partial charge in [-0.2, -0.15) is 13.2 Å². The zero-order valence-corrected chi connectivity index (χ0v) is 14.0. The number of hydrogen-bond acceptors (Lipinski definition) is 6. The molecule has 0 amide bonds. The van der Waals surface area contributed by atoms with Crippen LogP contribution < -0.4 is 4.74 Å². The summed E-state index contributed by atoms with van der Waals surface area (Å²) in [6, 6.07) is 10.5. The number of esters is 1. The maximum absolute atomic E-state index is 12.5. The number of pyridine rings is 1. The molecule has 140 valence electrons. The lowest BCUT2D eigenvalue weighted by Crippen LogP contribution is -2.10. The van der Waals surface area contributed by atoms with Crippen molar-refractivity contribution >= 4 is 5.97 Å². The van der Waals surface area contributed by atoms with E-state index in [9.17, 15) is 18.0 Å². The largest absolute Gasteiger partial charge is 0.496 e. The van der Waals surface area contributed by atoms with Gasteiger partial charge in [0.05, 0.1) is 12.7 Å². The summed E-state index contributed by atoms with van der Waals surface area (Å²) in [5, 5.41) is 3.90. The van der Waals surface area contributed by atoms with E-state index in [1.807, 2.05) is 12.1 Å². The molecule has 2 heterocycles. The van der Waals surface area contributed by atoms with E-state index >= 15 is 0 Å². The summed E-state index contributed by atoms with van der Waals surface area (Å²) in [5.41, 5.74) is 0.00571. The number of ether oxygens (including phenoxy) is 2. The number of benzene rings is 1. The van der Waals surface area contributed by atoms with Crippen molar-refractivity contribution in [2.45, 2.75) is 12.8 Å². The molecule has 0 spiro atoms. The summed E-state index contributed by atoms with van der Waals surface area (Å²) in [7, 11) is 1.53. The van der Waals surface area contributed by atoms with Crippen molar-refractivity contribution in [3.05, 3.63) is 65.7 Å². The lowest BCUT2D eigenvalue weighted by molar-refractivity contribution is -0.141. The van der Waals surface area contributed by atoms with Gasteiger partial charge in [0, 0.05) is 17.8 Å². The van der Waals surface area contributed by atoms with Gasteiger partial charge < -0.3 is 14.0 Å². The fraction of sp³-hybridized carbons (Fsp3) is 0.167. The molecule has 3 aromatic rings. The molecule has 0 aliphatic heterocycles. The van der Waals surface area contributed by atoms with Crippen LogP contribution in [0.3, 0.4) is 0 Å². The van der Waals surface area contributed by atoms with Gasteiger partial charge >= 0.3 is 12.1 Å². The fourth-order valence-electron chi connectivity index (χ4n) is 2.27. The van der Waals surface area contributed by atoms with Gasteiger partial charge in [0.25, 0.3) is 0 Å². The number of methoxy groups -OCH3 is 1. The lowest BCUT2D eigenvalue weighted by atomic mass is 10.1. The number of carbonyl (C=O) groups is 1. The highest BCUT2D eigenvalue weighted by Gasteiger charge is 2.32. The predicted molar refractivity (Wildman–Crippen MR) is 86.8 cm³/mol.